The van der Waals surface area contributed by atoms with E-state index >= 15 is 0 Å². The Balaban J connectivity index is 2.48. The first-order valence-corrected chi connectivity index (χ1v) is 6.97. The summed E-state index contributed by atoms with van der Waals surface area (Å²) in [6.45, 7) is 0. The summed E-state index contributed by atoms with van der Waals surface area (Å²) in [5.41, 5.74) is -0.188. The Bertz CT molecular complexity index is 674. The van der Waals surface area contributed by atoms with Crippen LogP contribution in [0.5, 0.6) is 23.0 Å². The van der Waals surface area contributed by atoms with Crippen molar-refractivity contribution in [2.24, 2.45) is 0 Å². The highest BCUT2D eigenvalue weighted by atomic mass is 127. The number of hydrogen-bond donors (Lipinski definition) is 0. The van der Waals surface area contributed by atoms with Gasteiger partial charge in [-0.3, -0.25) is 10.1 Å². The average Bonchev–Trinajstić information content (AvgIpc) is 2.46. The van der Waals surface area contributed by atoms with E-state index in [4.69, 9.17) is 14.2 Å². The lowest BCUT2D eigenvalue weighted by molar-refractivity contribution is -0.385. The zero-order chi connectivity index (χ0) is 15.4. The molecule has 0 radical (unpaired) electrons. The summed E-state index contributed by atoms with van der Waals surface area (Å²) in [5, 5.41) is 11.2. The fourth-order valence-electron chi connectivity index (χ4n) is 1.73. The monoisotopic (exact) mass is 401 g/mol. The van der Waals surface area contributed by atoms with Gasteiger partial charge in [-0.25, -0.2) is 0 Å². The van der Waals surface area contributed by atoms with Crippen LogP contribution in [0.25, 0.3) is 0 Å². The largest absolute Gasteiger partial charge is 0.493 e. The Morgan fingerprint density at radius 2 is 1.71 bits per heavy atom. The normalized spacial score (nSPS) is 10.0. The van der Waals surface area contributed by atoms with Crippen LogP contribution in [0.1, 0.15) is 0 Å². The van der Waals surface area contributed by atoms with Crippen LogP contribution in [-0.2, 0) is 0 Å². The summed E-state index contributed by atoms with van der Waals surface area (Å²) in [6.07, 6.45) is 0. The molecule has 7 heteroatoms. The van der Waals surface area contributed by atoms with Crippen LogP contribution in [0.4, 0.5) is 5.69 Å². The maximum absolute atomic E-state index is 11.2. The van der Waals surface area contributed by atoms with E-state index in [0.717, 1.165) is 3.57 Å². The molecule has 2 aromatic carbocycles. The lowest BCUT2D eigenvalue weighted by Gasteiger charge is -2.11. The molecule has 0 aromatic heterocycles. The maximum Gasteiger partial charge on any atom is 0.315 e. The van der Waals surface area contributed by atoms with Crippen molar-refractivity contribution in [3.05, 3.63) is 50.1 Å². The number of nitro groups is 1. The minimum Gasteiger partial charge on any atom is -0.493 e. The smallest absolute Gasteiger partial charge is 0.315 e. The lowest BCUT2D eigenvalue weighted by atomic mass is 10.2. The van der Waals surface area contributed by atoms with Gasteiger partial charge >= 0.3 is 5.69 Å². The molecule has 0 spiro atoms. The van der Waals surface area contributed by atoms with Crippen molar-refractivity contribution in [2.75, 3.05) is 14.2 Å². The van der Waals surface area contributed by atoms with E-state index in [9.17, 15) is 10.1 Å². The minimum atomic E-state index is -0.523. The number of methoxy groups -OCH3 is 2. The maximum atomic E-state index is 11.2. The molecule has 0 unspecified atom stereocenters. The van der Waals surface area contributed by atoms with Gasteiger partial charge in [0.25, 0.3) is 0 Å². The van der Waals surface area contributed by atoms with Gasteiger partial charge in [-0.15, -0.1) is 0 Å². The van der Waals surface area contributed by atoms with Crippen LogP contribution < -0.4 is 14.2 Å². The summed E-state index contributed by atoms with van der Waals surface area (Å²) in [7, 11) is 2.88. The molecular formula is C14H12INO5. The zero-order valence-corrected chi connectivity index (χ0v) is 13.5. The molecule has 0 N–H and O–H groups in total. The van der Waals surface area contributed by atoms with Crippen molar-refractivity contribution in [1.82, 2.24) is 0 Å². The summed E-state index contributed by atoms with van der Waals surface area (Å²) >= 11 is 2.14. The zero-order valence-electron chi connectivity index (χ0n) is 11.3. The molecule has 0 heterocycles. The molecule has 0 saturated carbocycles. The quantitative estimate of drug-likeness (QED) is 0.430. The van der Waals surface area contributed by atoms with E-state index in [1.54, 1.807) is 12.1 Å². The van der Waals surface area contributed by atoms with Crippen molar-refractivity contribution >= 4 is 28.3 Å². The number of ether oxygens (including phenoxy) is 3. The molecule has 0 amide bonds. The van der Waals surface area contributed by atoms with Gasteiger partial charge in [-0.2, -0.15) is 0 Å². The number of halogens is 1. The van der Waals surface area contributed by atoms with Gasteiger partial charge < -0.3 is 14.2 Å². The number of nitro benzene ring substituents is 1. The molecule has 110 valence electrons. The minimum absolute atomic E-state index is 0.0969. The molecule has 0 atom stereocenters. The Labute approximate surface area is 134 Å². The Hall–Kier alpha value is -2.03. The molecule has 6 nitrogen and oxygen atoms in total. The second kappa shape index (κ2) is 6.61. The summed E-state index contributed by atoms with van der Waals surface area (Å²) in [4.78, 5) is 10.7. The number of benzene rings is 2. The highest BCUT2D eigenvalue weighted by molar-refractivity contribution is 14.1. The fourth-order valence-corrected chi connectivity index (χ4v) is 2.25. The van der Waals surface area contributed by atoms with E-state index in [0.29, 0.717) is 11.5 Å². The number of nitrogens with zero attached hydrogens (tertiary/aromatic N) is 1. The lowest BCUT2D eigenvalue weighted by Crippen LogP contribution is -1.97. The number of rotatable bonds is 5. The second-order valence-electron chi connectivity index (χ2n) is 3.99. The van der Waals surface area contributed by atoms with E-state index in [1.807, 2.05) is 12.1 Å². The van der Waals surface area contributed by atoms with Gasteiger partial charge in [0.1, 0.15) is 5.75 Å². The predicted octanol–water partition coefficient (Wildman–Crippen LogP) is 4.01. The van der Waals surface area contributed by atoms with Crippen LogP contribution >= 0.6 is 22.6 Å². The first-order chi connectivity index (χ1) is 10.0. The van der Waals surface area contributed by atoms with Crippen LogP contribution in [0.3, 0.4) is 0 Å². The topological polar surface area (TPSA) is 70.8 Å². The van der Waals surface area contributed by atoms with E-state index in [-0.39, 0.29) is 17.2 Å². The van der Waals surface area contributed by atoms with Crippen LogP contribution in [-0.4, -0.2) is 19.1 Å². The molecule has 0 aliphatic carbocycles. The third-order valence-electron chi connectivity index (χ3n) is 2.69. The second-order valence-corrected chi connectivity index (χ2v) is 5.24. The molecule has 0 saturated heterocycles. The molecule has 0 aliphatic rings. The van der Waals surface area contributed by atoms with Crippen molar-refractivity contribution in [3.8, 4) is 23.0 Å². The Morgan fingerprint density at radius 1 is 1.05 bits per heavy atom. The highest BCUT2D eigenvalue weighted by Crippen LogP contribution is 2.41. The summed E-state index contributed by atoms with van der Waals surface area (Å²) < 4.78 is 16.8. The van der Waals surface area contributed by atoms with Crippen molar-refractivity contribution in [1.29, 1.82) is 0 Å². The first-order valence-electron chi connectivity index (χ1n) is 5.89. The summed E-state index contributed by atoms with van der Waals surface area (Å²) in [5.74, 6) is 1.25. The average molecular weight is 401 g/mol. The molecule has 0 aliphatic heterocycles. The molecule has 2 aromatic rings. The van der Waals surface area contributed by atoms with Crippen molar-refractivity contribution in [2.45, 2.75) is 0 Å². The standard InChI is InChI=1S/C14H12INO5/c1-19-13-7-11(16(17)18)12(8-14(13)20-2)21-10-5-3-4-9(15)6-10/h3-8H,1-2H3. The summed E-state index contributed by atoms with van der Waals surface area (Å²) in [6, 6.07) is 9.93. The molecule has 0 fully saturated rings. The Morgan fingerprint density at radius 3 is 2.29 bits per heavy atom. The van der Waals surface area contributed by atoms with Gasteiger partial charge in [-0.1, -0.05) is 6.07 Å². The van der Waals surface area contributed by atoms with Crippen LogP contribution in [0.15, 0.2) is 36.4 Å². The predicted molar refractivity (Wildman–Crippen MR) is 85.4 cm³/mol. The van der Waals surface area contributed by atoms with Crippen LogP contribution in [0, 0.1) is 13.7 Å². The van der Waals surface area contributed by atoms with Gasteiger partial charge in [-0.05, 0) is 40.8 Å². The van der Waals surface area contributed by atoms with Gasteiger partial charge in [0.2, 0.25) is 5.75 Å². The highest BCUT2D eigenvalue weighted by Gasteiger charge is 2.21. The molecular weight excluding hydrogens is 389 g/mol. The first kappa shape index (κ1) is 15.4. The Kier molecular flexibility index (Phi) is 4.84. The van der Waals surface area contributed by atoms with E-state index < -0.39 is 4.92 Å². The van der Waals surface area contributed by atoms with E-state index in [2.05, 4.69) is 22.6 Å². The van der Waals surface area contributed by atoms with Gasteiger partial charge in [0.15, 0.2) is 11.5 Å². The van der Waals surface area contributed by atoms with Gasteiger partial charge in [0.05, 0.1) is 25.2 Å². The van der Waals surface area contributed by atoms with Crippen molar-refractivity contribution < 1.29 is 19.1 Å². The number of hydrogen-bond acceptors (Lipinski definition) is 5. The third-order valence-corrected chi connectivity index (χ3v) is 3.36. The fraction of sp³-hybridized carbons (Fsp3) is 0.143. The molecule has 21 heavy (non-hydrogen) atoms. The van der Waals surface area contributed by atoms with Gasteiger partial charge in [0, 0.05) is 9.64 Å². The van der Waals surface area contributed by atoms with E-state index in [1.165, 1.54) is 26.4 Å². The molecule has 2 rings (SSSR count). The molecule has 0 bridgehead atoms. The van der Waals surface area contributed by atoms with Crippen LogP contribution in [0.2, 0.25) is 0 Å². The third kappa shape index (κ3) is 3.54. The van der Waals surface area contributed by atoms with Crippen molar-refractivity contribution in [3.63, 3.8) is 0 Å². The SMILES string of the molecule is COc1cc(Oc2cccc(I)c2)c([N+](=O)[O-])cc1OC.